The molecule has 1 aliphatic carbocycles. The Morgan fingerprint density at radius 3 is 2.77 bits per heavy atom. The molecule has 70 valence electrons. The van der Waals surface area contributed by atoms with E-state index in [9.17, 15) is 4.79 Å². The highest BCUT2D eigenvalue weighted by Crippen LogP contribution is 2.47. The highest BCUT2D eigenvalue weighted by Gasteiger charge is 2.50. The van der Waals surface area contributed by atoms with E-state index in [1.807, 2.05) is 0 Å². The van der Waals surface area contributed by atoms with E-state index in [-0.39, 0.29) is 5.92 Å². The predicted octanol–water partition coefficient (Wildman–Crippen LogP) is 2.03. The topological polar surface area (TPSA) is 50.4 Å². The Morgan fingerprint density at radius 2 is 2.38 bits per heavy atom. The summed E-state index contributed by atoms with van der Waals surface area (Å²) < 4.78 is 5.18. The number of carboxylic acid groups (broad SMARTS) is 1. The Balaban J connectivity index is 2.38. The van der Waals surface area contributed by atoms with Crippen LogP contribution in [0.3, 0.4) is 0 Å². The van der Waals surface area contributed by atoms with Crippen molar-refractivity contribution >= 4 is 5.97 Å². The van der Waals surface area contributed by atoms with Crippen molar-refractivity contribution in [1.82, 2.24) is 0 Å². The van der Waals surface area contributed by atoms with Gasteiger partial charge < -0.3 is 9.52 Å². The van der Waals surface area contributed by atoms with E-state index in [4.69, 9.17) is 9.52 Å². The Bertz CT molecular complexity index is 311. The lowest BCUT2D eigenvalue weighted by molar-refractivity contribution is -0.144. The summed E-state index contributed by atoms with van der Waals surface area (Å²) in [6.45, 7) is 1.74. The third-order valence-electron chi connectivity index (χ3n) is 2.87. The molecule has 1 heterocycles. The molecule has 0 spiro atoms. The van der Waals surface area contributed by atoms with Crippen LogP contribution in [0.25, 0.3) is 0 Å². The van der Waals surface area contributed by atoms with Crippen LogP contribution in [-0.2, 0) is 10.2 Å². The minimum atomic E-state index is -0.816. The fourth-order valence-electron chi connectivity index (χ4n) is 1.72. The van der Waals surface area contributed by atoms with E-state index in [1.165, 1.54) is 6.26 Å². The summed E-state index contributed by atoms with van der Waals surface area (Å²) in [7, 11) is 0. The molecule has 13 heavy (non-hydrogen) atoms. The van der Waals surface area contributed by atoms with Crippen LogP contribution in [0.2, 0.25) is 0 Å². The molecule has 0 aliphatic heterocycles. The molecular weight excluding hydrogens is 168 g/mol. The molecule has 0 bridgehead atoms. The van der Waals surface area contributed by atoms with Gasteiger partial charge in [0.1, 0.15) is 11.2 Å². The summed E-state index contributed by atoms with van der Waals surface area (Å²) in [5.74, 6) is 0.0311. The van der Waals surface area contributed by atoms with Crippen molar-refractivity contribution in [3.05, 3.63) is 24.2 Å². The zero-order valence-corrected chi connectivity index (χ0v) is 7.49. The molecular formula is C10H12O3. The fourth-order valence-corrected chi connectivity index (χ4v) is 1.72. The SMILES string of the molecule is CC(C(=O)O)(c1ccco1)C1CC1. The molecule has 1 atom stereocenters. The van der Waals surface area contributed by atoms with Crippen LogP contribution in [-0.4, -0.2) is 11.1 Å². The van der Waals surface area contributed by atoms with E-state index in [1.54, 1.807) is 19.1 Å². The van der Waals surface area contributed by atoms with Gasteiger partial charge in [0.15, 0.2) is 0 Å². The van der Waals surface area contributed by atoms with Gasteiger partial charge in [0.25, 0.3) is 0 Å². The number of furan rings is 1. The lowest BCUT2D eigenvalue weighted by atomic mass is 9.82. The van der Waals surface area contributed by atoms with Gasteiger partial charge in [0.05, 0.1) is 6.26 Å². The third-order valence-corrected chi connectivity index (χ3v) is 2.87. The molecule has 1 saturated carbocycles. The van der Waals surface area contributed by atoms with Gasteiger partial charge >= 0.3 is 5.97 Å². The van der Waals surface area contributed by atoms with Gasteiger partial charge in [0, 0.05) is 0 Å². The van der Waals surface area contributed by atoms with Crippen molar-refractivity contribution in [2.75, 3.05) is 0 Å². The highest BCUT2D eigenvalue weighted by molar-refractivity contribution is 5.80. The Kier molecular flexibility index (Phi) is 1.68. The predicted molar refractivity (Wildman–Crippen MR) is 46.4 cm³/mol. The molecule has 1 fully saturated rings. The molecule has 0 radical (unpaired) electrons. The number of hydrogen-bond acceptors (Lipinski definition) is 2. The van der Waals surface area contributed by atoms with Crippen LogP contribution in [0.5, 0.6) is 0 Å². The summed E-state index contributed by atoms with van der Waals surface area (Å²) in [5.41, 5.74) is -0.816. The first-order chi connectivity index (χ1) is 6.15. The maximum atomic E-state index is 11.1. The van der Waals surface area contributed by atoms with Crippen molar-refractivity contribution in [3.8, 4) is 0 Å². The van der Waals surface area contributed by atoms with E-state index in [0.717, 1.165) is 12.8 Å². The van der Waals surface area contributed by atoms with Crippen LogP contribution in [0, 0.1) is 5.92 Å². The van der Waals surface area contributed by atoms with Crippen molar-refractivity contribution in [2.24, 2.45) is 5.92 Å². The molecule has 3 nitrogen and oxygen atoms in total. The summed E-state index contributed by atoms with van der Waals surface area (Å²) >= 11 is 0. The van der Waals surface area contributed by atoms with Gasteiger partial charge in [-0.15, -0.1) is 0 Å². The number of hydrogen-bond donors (Lipinski definition) is 1. The Labute approximate surface area is 76.4 Å². The Morgan fingerprint density at radius 1 is 1.69 bits per heavy atom. The first-order valence-electron chi connectivity index (χ1n) is 4.43. The van der Waals surface area contributed by atoms with Gasteiger partial charge in [-0.05, 0) is 37.8 Å². The molecule has 1 aromatic rings. The molecule has 1 N–H and O–H groups in total. The second kappa shape index (κ2) is 2.62. The second-order valence-corrected chi connectivity index (χ2v) is 3.76. The van der Waals surface area contributed by atoms with Gasteiger partial charge in [-0.25, -0.2) is 0 Å². The summed E-state index contributed by atoms with van der Waals surface area (Å²) in [4.78, 5) is 11.1. The molecule has 1 unspecified atom stereocenters. The zero-order chi connectivity index (χ0) is 9.47. The van der Waals surface area contributed by atoms with E-state index < -0.39 is 11.4 Å². The van der Waals surface area contributed by atoms with Crippen molar-refractivity contribution in [1.29, 1.82) is 0 Å². The number of carbonyl (C=O) groups is 1. The lowest BCUT2D eigenvalue weighted by Crippen LogP contribution is -2.34. The number of aliphatic carboxylic acids is 1. The third kappa shape index (κ3) is 1.15. The Hall–Kier alpha value is -1.25. The van der Waals surface area contributed by atoms with Gasteiger partial charge in [-0.1, -0.05) is 0 Å². The number of carboxylic acids is 1. The van der Waals surface area contributed by atoms with Crippen molar-refractivity contribution in [2.45, 2.75) is 25.2 Å². The lowest BCUT2D eigenvalue weighted by Gasteiger charge is -2.21. The van der Waals surface area contributed by atoms with Crippen LogP contribution in [0.15, 0.2) is 22.8 Å². The molecule has 1 aromatic heterocycles. The average molecular weight is 180 g/mol. The average Bonchev–Trinajstić information content (AvgIpc) is 2.80. The molecule has 0 aromatic carbocycles. The van der Waals surface area contributed by atoms with Crippen LogP contribution < -0.4 is 0 Å². The first kappa shape index (κ1) is 8.35. The molecule has 0 saturated heterocycles. The van der Waals surface area contributed by atoms with E-state index in [2.05, 4.69) is 0 Å². The summed E-state index contributed by atoms with van der Waals surface area (Å²) in [6, 6.07) is 3.48. The normalized spacial score (nSPS) is 21.0. The molecule has 0 amide bonds. The largest absolute Gasteiger partial charge is 0.480 e. The van der Waals surface area contributed by atoms with Crippen LogP contribution in [0.4, 0.5) is 0 Å². The maximum absolute atomic E-state index is 11.1. The highest BCUT2D eigenvalue weighted by atomic mass is 16.4. The first-order valence-corrected chi connectivity index (χ1v) is 4.43. The van der Waals surface area contributed by atoms with E-state index in [0.29, 0.717) is 5.76 Å². The maximum Gasteiger partial charge on any atom is 0.317 e. The van der Waals surface area contributed by atoms with Gasteiger partial charge in [-0.2, -0.15) is 0 Å². The minimum absolute atomic E-state index is 0.246. The summed E-state index contributed by atoms with van der Waals surface area (Å²) in [5, 5.41) is 9.15. The van der Waals surface area contributed by atoms with Crippen molar-refractivity contribution < 1.29 is 14.3 Å². The standard InChI is InChI=1S/C10H12O3/c1-10(9(11)12,7-4-5-7)8-3-2-6-13-8/h2-3,6-7H,4-5H2,1H3,(H,11,12). The molecule has 3 heteroatoms. The number of rotatable bonds is 3. The van der Waals surface area contributed by atoms with Crippen molar-refractivity contribution in [3.63, 3.8) is 0 Å². The minimum Gasteiger partial charge on any atom is -0.480 e. The van der Waals surface area contributed by atoms with Crippen LogP contribution >= 0.6 is 0 Å². The monoisotopic (exact) mass is 180 g/mol. The second-order valence-electron chi connectivity index (χ2n) is 3.76. The quantitative estimate of drug-likeness (QED) is 0.774. The van der Waals surface area contributed by atoms with Crippen LogP contribution in [0.1, 0.15) is 25.5 Å². The summed E-state index contributed by atoms with van der Waals surface area (Å²) in [6.07, 6.45) is 3.51. The fraction of sp³-hybridized carbons (Fsp3) is 0.500. The van der Waals surface area contributed by atoms with Gasteiger partial charge in [0.2, 0.25) is 0 Å². The van der Waals surface area contributed by atoms with E-state index >= 15 is 0 Å². The molecule has 2 rings (SSSR count). The molecule has 1 aliphatic rings. The zero-order valence-electron chi connectivity index (χ0n) is 7.49. The smallest absolute Gasteiger partial charge is 0.317 e. The van der Waals surface area contributed by atoms with Gasteiger partial charge in [-0.3, -0.25) is 4.79 Å².